The monoisotopic (exact) mass is 156 g/mol. The Morgan fingerprint density at radius 3 is 2.91 bits per heavy atom. The minimum atomic E-state index is 0.390. The van der Waals surface area contributed by atoms with Crippen molar-refractivity contribution < 1.29 is 9.84 Å². The second kappa shape index (κ2) is 3.11. The van der Waals surface area contributed by atoms with Crippen LogP contribution in [0, 0.1) is 17.8 Å². The van der Waals surface area contributed by atoms with Gasteiger partial charge in [0.1, 0.15) is 0 Å². The van der Waals surface area contributed by atoms with Crippen LogP contribution < -0.4 is 0 Å². The Labute approximate surface area is 67.6 Å². The largest absolute Gasteiger partial charge is 0.396 e. The summed E-state index contributed by atoms with van der Waals surface area (Å²) < 4.78 is 5.39. The van der Waals surface area contributed by atoms with E-state index in [1.54, 1.807) is 0 Å². The van der Waals surface area contributed by atoms with Crippen molar-refractivity contribution in [3.05, 3.63) is 0 Å². The lowest BCUT2D eigenvalue weighted by atomic mass is 9.96. The molecular formula is C9H16O2. The van der Waals surface area contributed by atoms with Gasteiger partial charge in [0, 0.05) is 19.8 Å². The minimum absolute atomic E-state index is 0.390. The van der Waals surface area contributed by atoms with Crippen molar-refractivity contribution in [2.24, 2.45) is 17.8 Å². The summed E-state index contributed by atoms with van der Waals surface area (Å²) in [7, 11) is 0. The maximum atomic E-state index is 8.87. The highest BCUT2D eigenvalue weighted by Crippen LogP contribution is 2.46. The quantitative estimate of drug-likeness (QED) is 0.647. The van der Waals surface area contributed by atoms with Gasteiger partial charge < -0.3 is 9.84 Å². The predicted molar refractivity (Wildman–Crippen MR) is 42.2 cm³/mol. The molecule has 0 aromatic carbocycles. The molecule has 2 nitrogen and oxygen atoms in total. The molecule has 2 heteroatoms. The number of rotatable bonds is 2. The van der Waals surface area contributed by atoms with Crippen LogP contribution in [0.4, 0.5) is 0 Å². The van der Waals surface area contributed by atoms with E-state index in [4.69, 9.17) is 9.84 Å². The topological polar surface area (TPSA) is 29.5 Å². The van der Waals surface area contributed by atoms with Gasteiger partial charge >= 0.3 is 0 Å². The van der Waals surface area contributed by atoms with Crippen LogP contribution >= 0.6 is 0 Å². The molecule has 0 aromatic rings. The molecule has 1 aliphatic carbocycles. The smallest absolute Gasteiger partial charge is 0.0497 e. The lowest BCUT2D eigenvalue weighted by Crippen LogP contribution is -2.19. The SMILES string of the molecule is OCC1CC1C1CCCOC1. The van der Waals surface area contributed by atoms with Crippen molar-refractivity contribution in [1.82, 2.24) is 0 Å². The number of aliphatic hydroxyl groups is 1. The first kappa shape index (κ1) is 7.56. The summed E-state index contributed by atoms with van der Waals surface area (Å²) in [5.74, 6) is 2.17. The van der Waals surface area contributed by atoms with E-state index in [-0.39, 0.29) is 0 Å². The molecule has 1 N–H and O–H groups in total. The Morgan fingerprint density at radius 2 is 2.36 bits per heavy atom. The number of ether oxygens (including phenoxy) is 1. The van der Waals surface area contributed by atoms with Gasteiger partial charge in [0.05, 0.1) is 0 Å². The summed E-state index contributed by atoms with van der Waals surface area (Å²) >= 11 is 0. The highest BCUT2D eigenvalue weighted by molar-refractivity contribution is 4.91. The third kappa shape index (κ3) is 1.57. The highest BCUT2D eigenvalue weighted by atomic mass is 16.5. The second-order valence-electron chi connectivity index (χ2n) is 3.82. The molecule has 11 heavy (non-hydrogen) atoms. The molecule has 1 saturated heterocycles. The fourth-order valence-corrected chi connectivity index (χ4v) is 2.16. The summed E-state index contributed by atoms with van der Waals surface area (Å²) in [4.78, 5) is 0. The summed E-state index contributed by atoms with van der Waals surface area (Å²) in [5, 5.41) is 8.87. The fourth-order valence-electron chi connectivity index (χ4n) is 2.16. The van der Waals surface area contributed by atoms with Crippen LogP contribution in [0.15, 0.2) is 0 Å². The van der Waals surface area contributed by atoms with E-state index in [0.29, 0.717) is 12.5 Å². The molecule has 2 aliphatic rings. The standard InChI is InChI=1S/C9H16O2/c10-5-8-4-9(8)7-2-1-3-11-6-7/h7-10H,1-6H2. The molecule has 2 rings (SSSR count). The molecule has 0 spiro atoms. The molecule has 0 amide bonds. The van der Waals surface area contributed by atoms with Gasteiger partial charge in [-0.05, 0) is 37.0 Å². The Balaban J connectivity index is 1.77. The van der Waals surface area contributed by atoms with Crippen LogP contribution in [-0.4, -0.2) is 24.9 Å². The molecule has 2 fully saturated rings. The van der Waals surface area contributed by atoms with Crippen molar-refractivity contribution in [3.63, 3.8) is 0 Å². The van der Waals surface area contributed by atoms with E-state index >= 15 is 0 Å². The maximum absolute atomic E-state index is 8.87. The lowest BCUT2D eigenvalue weighted by Gasteiger charge is -2.21. The Bertz CT molecular complexity index is 130. The number of hydrogen-bond acceptors (Lipinski definition) is 2. The van der Waals surface area contributed by atoms with E-state index in [9.17, 15) is 0 Å². The van der Waals surface area contributed by atoms with E-state index in [1.807, 2.05) is 0 Å². The molecule has 1 saturated carbocycles. The van der Waals surface area contributed by atoms with Gasteiger partial charge in [-0.1, -0.05) is 0 Å². The van der Waals surface area contributed by atoms with Crippen molar-refractivity contribution in [2.45, 2.75) is 19.3 Å². The minimum Gasteiger partial charge on any atom is -0.396 e. The van der Waals surface area contributed by atoms with E-state index < -0.39 is 0 Å². The molecule has 1 heterocycles. The normalized spacial score (nSPS) is 43.9. The highest BCUT2D eigenvalue weighted by Gasteiger charge is 2.42. The molecule has 3 unspecified atom stereocenters. The van der Waals surface area contributed by atoms with Gasteiger partial charge in [0.2, 0.25) is 0 Å². The molecule has 0 radical (unpaired) electrons. The summed E-state index contributed by atoms with van der Waals surface area (Å²) in [6.45, 7) is 2.29. The summed E-state index contributed by atoms with van der Waals surface area (Å²) in [5.41, 5.74) is 0. The lowest BCUT2D eigenvalue weighted by molar-refractivity contribution is 0.0429. The molecule has 0 bridgehead atoms. The van der Waals surface area contributed by atoms with Crippen molar-refractivity contribution in [3.8, 4) is 0 Å². The second-order valence-corrected chi connectivity index (χ2v) is 3.82. The fraction of sp³-hybridized carbons (Fsp3) is 1.00. The molecule has 64 valence electrons. The van der Waals surface area contributed by atoms with Gasteiger partial charge in [-0.2, -0.15) is 0 Å². The maximum Gasteiger partial charge on any atom is 0.0497 e. The zero-order chi connectivity index (χ0) is 7.68. The zero-order valence-corrected chi connectivity index (χ0v) is 6.83. The van der Waals surface area contributed by atoms with Gasteiger partial charge in [-0.15, -0.1) is 0 Å². The Morgan fingerprint density at radius 1 is 1.45 bits per heavy atom. The van der Waals surface area contributed by atoms with Crippen LogP contribution in [0.25, 0.3) is 0 Å². The first-order valence-corrected chi connectivity index (χ1v) is 4.60. The predicted octanol–water partition coefficient (Wildman–Crippen LogP) is 1.04. The van der Waals surface area contributed by atoms with Crippen molar-refractivity contribution in [2.75, 3.05) is 19.8 Å². The molecule has 1 aliphatic heterocycles. The van der Waals surface area contributed by atoms with E-state index in [2.05, 4.69) is 0 Å². The van der Waals surface area contributed by atoms with Gasteiger partial charge in [-0.25, -0.2) is 0 Å². The average molecular weight is 156 g/mol. The van der Waals surface area contributed by atoms with E-state index in [0.717, 1.165) is 25.0 Å². The van der Waals surface area contributed by atoms with Gasteiger partial charge in [0.15, 0.2) is 0 Å². The zero-order valence-electron chi connectivity index (χ0n) is 6.83. The average Bonchev–Trinajstić information content (AvgIpc) is 2.85. The van der Waals surface area contributed by atoms with Crippen LogP contribution in [0.3, 0.4) is 0 Å². The first-order chi connectivity index (χ1) is 5.42. The third-order valence-electron chi connectivity index (χ3n) is 3.01. The summed E-state index contributed by atoms with van der Waals surface area (Å²) in [6, 6.07) is 0. The van der Waals surface area contributed by atoms with E-state index in [1.165, 1.54) is 19.3 Å². The molecular weight excluding hydrogens is 140 g/mol. The first-order valence-electron chi connectivity index (χ1n) is 4.60. The third-order valence-corrected chi connectivity index (χ3v) is 3.01. The van der Waals surface area contributed by atoms with Crippen LogP contribution in [-0.2, 0) is 4.74 Å². The Hall–Kier alpha value is -0.0800. The van der Waals surface area contributed by atoms with Crippen LogP contribution in [0.2, 0.25) is 0 Å². The van der Waals surface area contributed by atoms with Crippen molar-refractivity contribution in [1.29, 1.82) is 0 Å². The molecule has 3 atom stereocenters. The van der Waals surface area contributed by atoms with Crippen LogP contribution in [0.1, 0.15) is 19.3 Å². The summed E-state index contributed by atoms with van der Waals surface area (Å²) in [6.07, 6.45) is 3.78. The van der Waals surface area contributed by atoms with Crippen LogP contribution in [0.5, 0.6) is 0 Å². The van der Waals surface area contributed by atoms with Gasteiger partial charge in [0.25, 0.3) is 0 Å². The Kier molecular flexibility index (Phi) is 2.14. The number of aliphatic hydroxyl groups excluding tert-OH is 1. The van der Waals surface area contributed by atoms with Gasteiger partial charge in [-0.3, -0.25) is 0 Å². The number of hydrogen-bond donors (Lipinski definition) is 1. The van der Waals surface area contributed by atoms with Crippen molar-refractivity contribution >= 4 is 0 Å². The molecule has 0 aromatic heterocycles.